The van der Waals surface area contributed by atoms with Crippen molar-refractivity contribution in [1.29, 1.82) is 0 Å². The molecule has 3 aromatic heterocycles. The molecule has 0 aliphatic heterocycles. The summed E-state index contributed by atoms with van der Waals surface area (Å²) in [5.41, 5.74) is 1.24. The number of aromatic nitrogens is 4. The van der Waals surface area contributed by atoms with Crippen LogP contribution in [0.15, 0.2) is 86.1 Å². The quantitative estimate of drug-likeness (QED) is 0.397. The van der Waals surface area contributed by atoms with Gasteiger partial charge < -0.3 is 14.5 Å². The lowest BCUT2D eigenvalue weighted by molar-refractivity contribution is -0.122. The van der Waals surface area contributed by atoms with Gasteiger partial charge in [-0.1, -0.05) is 30.0 Å². The largest absolute Gasteiger partial charge is 0.497 e. The smallest absolute Gasteiger partial charge is 0.351 e. The average molecular weight is 462 g/mol. The van der Waals surface area contributed by atoms with E-state index in [4.69, 9.17) is 14.1 Å². The van der Waals surface area contributed by atoms with Crippen LogP contribution in [0, 0.1) is 0 Å². The molecular formula is C23H19N5O4S. The van der Waals surface area contributed by atoms with Crippen LogP contribution < -0.4 is 15.7 Å². The highest BCUT2D eigenvalue weighted by molar-refractivity contribution is 7.99. The number of amides is 1. The summed E-state index contributed by atoms with van der Waals surface area (Å²) < 4.78 is 13.2. The van der Waals surface area contributed by atoms with Crippen molar-refractivity contribution in [3.63, 3.8) is 0 Å². The molecule has 10 heteroatoms. The molecule has 0 atom stereocenters. The van der Waals surface area contributed by atoms with Crippen LogP contribution in [0.5, 0.6) is 5.75 Å². The molecule has 0 radical (unpaired) electrons. The maximum Gasteiger partial charge on any atom is 0.351 e. The number of carbonyl (C=O) groups excluding carboxylic acids is 1. The molecule has 5 aromatic rings. The summed E-state index contributed by atoms with van der Waals surface area (Å²) in [7, 11) is 1.61. The lowest BCUT2D eigenvalue weighted by Crippen LogP contribution is -2.32. The van der Waals surface area contributed by atoms with Gasteiger partial charge in [0.1, 0.15) is 23.1 Å². The Balaban J connectivity index is 1.53. The van der Waals surface area contributed by atoms with Crippen molar-refractivity contribution in [2.24, 2.45) is 0 Å². The number of hydrogen-bond acceptors (Lipinski definition) is 7. The number of fused-ring (bicyclic) bond motifs is 3. The predicted octanol–water partition coefficient (Wildman–Crippen LogP) is 3.11. The van der Waals surface area contributed by atoms with Gasteiger partial charge in [0.05, 0.1) is 31.0 Å². The van der Waals surface area contributed by atoms with E-state index in [1.807, 2.05) is 42.5 Å². The molecule has 0 spiro atoms. The Morgan fingerprint density at radius 3 is 2.85 bits per heavy atom. The summed E-state index contributed by atoms with van der Waals surface area (Å²) in [5.74, 6) is 0.988. The normalized spacial score (nSPS) is 11.2. The topological polar surface area (TPSA) is 104 Å². The number of carbonyl (C=O) groups is 1. The zero-order chi connectivity index (χ0) is 22.8. The third kappa shape index (κ3) is 4.20. The van der Waals surface area contributed by atoms with Crippen LogP contribution in [0.4, 0.5) is 0 Å². The third-order valence-electron chi connectivity index (χ3n) is 4.96. The molecule has 9 nitrogen and oxygen atoms in total. The first kappa shape index (κ1) is 20.8. The van der Waals surface area contributed by atoms with E-state index in [1.165, 1.54) is 22.4 Å². The summed E-state index contributed by atoms with van der Waals surface area (Å²) in [6.07, 6.45) is 1.54. The van der Waals surface area contributed by atoms with E-state index in [0.717, 1.165) is 9.58 Å². The van der Waals surface area contributed by atoms with E-state index in [9.17, 15) is 9.59 Å². The lowest BCUT2D eigenvalue weighted by Gasteiger charge is -2.07. The molecule has 0 saturated heterocycles. The highest BCUT2D eigenvalue weighted by Crippen LogP contribution is 2.32. The van der Waals surface area contributed by atoms with Crippen LogP contribution in [0.2, 0.25) is 0 Å². The van der Waals surface area contributed by atoms with E-state index in [-0.39, 0.29) is 19.0 Å². The van der Waals surface area contributed by atoms with Crippen molar-refractivity contribution in [1.82, 2.24) is 24.5 Å². The molecule has 1 amide bonds. The fourth-order valence-electron chi connectivity index (χ4n) is 3.41. The summed E-state index contributed by atoms with van der Waals surface area (Å²) in [5, 5.41) is 7.74. The molecule has 166 valence electrons. The van der Waals surface area contributed by atoms with Gasteiger partial charge in [-0.3, -0.25) is 4.79 Å². The first-order chi connectivity index (χ1) is 16.1. The SMILES string of the molecule is COc1cccc(Sc2nc3ccccc3n3c(=O)n(CC(=O)NCc4ccco4)nc23)c1. The van der Waals surface area contributed by atoms with Crippen LogP contribution >= 0.6 is 11.8 Å². The highest BCUT2D eigenvalue weighted by Gasteiger charge is 2.18. The number of ether oxygens (including phenoxy) is 1. The maximum absolute atomic E-state index is 13.2. The van der Waals surface area contributed by atoms with Crippen molar-refractivity contribution >= 4 is 34.3 Å². The van der Waals surface area contributed by atoms with Crippen molar-refractivity contribution < 1.29 is 13.9 Å². The second-order valence-electron chi connectivity index (χ2n) is 7.14. The van der Waals surface area contributed by atoms with E-state index in [1.54, 1.807) is 25.3 Å². The third-order valence-corrected chi connectivity index (χ3v) is 5.92. The maximum atomic E-state index is 13.2. The zero-order valence-electron chi connectivity index (χ0n) is 17.6. The van der Waals surface area contributed by atoms with Crippen molar-refractivity contribution in [3.05, 3.63) is 83.2 Å². The number of hydrogen-bond donors (Lipinski definition) is 1. The highest BCUT2D eigenvalue weighted by atomic mass is 32.2. The molecule has 0 fully saturated rings. The lowest BCUT2D eigenvalue weighted by atomic mass is 10.3. The van der Waals surface area contributed by atoms with Gasteiger partial charge in [-0.2, -0.15) is 0 Å². The molecule has 1 N–H and O–H groups in total. The van der Waals surface area contributed by atoms with E-state index >= 15 is 0 Å². The Kier molecular flexibility index (Phi) is 5.57. The summed E-state index contributed by atoms with van der Waals surface area (Å²) in [6, 6.07) is 18.4. The van der Waals surface area contributed by atoms with Crippen LogP contribution in [0.1, 0.15) is 5.76 Å². The summed E-state index contributed by atoms with van der Waals surface area (Å²) in [4.78, 5) is 31.3. The second kappa shape index (κ2) is 8.83. The van der Waals surface area contributed by atoms with E-state index in [2.05, 4.69) is 10.4 Å². The Morgan fingerprint density at radius 2 is 2.03 bits per heavy atom. The van der Waals surface area contributed by atoms with Crippen LogP contribution in [-0.4, -0.2) is 32.2 Å². The van der Waals surface area contributed by atoms with Gasteiger partial charge >= 0.3 is 5.69 Å². The van der Waals surface area contributed by atoms with Crippen molar-refractivity contribution in [3.8, 4) is 5.75 Å². The summed E-state index contributed by atoms with van der Waals surface area (Å²) >= 11 is 1.37. The molecular weight excluding hydrogens is 442 g/mol. The number of nitrogens with one attached hydrogen (secondary N) is 1. The number of nitrogens with zero attached hydrogens (tertiary/aromatic N) is 4. The van der Waals surface area contributed by atoms with Gasteiger partial charge in [-0.15, -0.1) is 5.10 Å². The van der Waals surface area contributed by atoms with Crippen LogP contribution in [0.3, 0.4) is 0 Å². The number of benzene rings is 2. The molecule has 2 aromatic carbocycles. The van der Waals surface area contributed by atoms with Gasteiger partial charge in [0.25, 0.3) is 0 Å². The first-order valence-electron chi connectivity index (χ1n) is 10.1. The molecule has 0 saturated carbocycles. The number of methoxy groups -OCH3 is 1. The Morgan fingerprint density at radius 1 is 1.15 bits per heavy atom. The monoisotopic (exact) mass is 461 g/mol. The molecule has 5 rings (SSSR count). The van der Waals surface area contributed by atoms with Gasteiger partial charge in [0.15, 0.2) is 5.65 Å². The minimum Gasteiger partial charge on any atom is -0.497 e. The van der Waals surface area contributed by atoms with Gasteiger partial charge in [0.2, 0.25) is 5.91 Å². The molecule has 0 unspecified atom stereocenters. The average Bonchev–Trinajstić information content (AvgIpc) is 3.47. The standard InChI is InChI=1S/C23H19N5O4S/c1-31-15-6-4-8-17(12-15)33-22-21-26-27(14-20(29)24-13-16-7-5-11-32-16)23(30)28(21)19-10-3-2-9-18(19)25-22/h2-12H,13-14H2,1H3,(H,24,29). The first-order valence-corrected chi connectivity index (χ1v) is 10.9. The minimum atomic E-state index is -0.413. The van der Waals surface area contributed by atoms with Crippen molar-refractivity contribution in [2.75, 3.05) is 7.11 Å². The number of rotatable bonds is 7. The van der Waals surface area contributed by atoms with E-state index < -0.39 is 5.69 Å². The molecule has 3 heterocycles. The van der Waals surface area contributed by atoms with Crippen LogP contribution in [0.25, 0.3) is 16.7 Å². The molecule has 33 heavy (non-hydrogen) atoms. The number of para-hydroxylation sites is 2. The van der Waals surface area contributed by atoms with Crippen molar-refractivity contribution in [2.45, 2.75) is 23.0 Å². The van der Waals surface area contributed by atoms with Gasteiger partial charge in [-0.25, -0.2) is 18.9 Å². The van der Waals surface area contributed by atoms with E-state index in [0.29, 0.717) is 33.2 Å². The van der Waals surface area contributed by atoms with Crippen LogP contribution in [-0.2, 0) is 17.9 Å². The Labute approximate surface area is 192 Å². The fraction of sp³-hybridized carbons (Fsp3) is 0.130. The molecule has 0 aliphatic rings. The fourth-order valence-corrected chi connectivity index (χ4v) is 4.32. The molecule has 0 aliphatic carbocycles. The predicted molar refractivity (Wildman–Crippen MR) is 122 cm³/mol. The molecule has 0 bridgehead atoms. The zero-order valence-corrected chi connectivity index (χ0v) is 18.4. The summed E-state index contributed by atoms with van der Waals surface area (Å²) in [6.45, 7) is 0.00813. The Hall–Kier alpha value is -4.05. The van der Waals surface area contributed by atoms with Gasteiger partial charge in [-0.05, 0) is 42.5 Å². The van der Waals surface area contributed by atoms with Gasteiger partial charge in [0, 0.05) is 4.90 Å². The minimum absolute atomic E-state index is 0.223. The number of furan rings is 1. The second-order valence-corrected chi connectivity index (χ2v) is 8.20. The Bertz CT molecular complexity index is 1510.